The molecule has 3 N–H and O–H groups in total. The van der Waals surface area contributed by atoms with Gasteiger partial charge in [-0.05, 0) is 30.2 Å². The van der Waals surface area contributed by atoms with E-state index in [4.69, 9.17) is 17.3 Å². The standard InChI is InChI=1S/C10H11ClN2O/c11-8-5-9-7(4-10(14)13-9)3-6(8)1-2-12/h3,5H,1-2,4,12H2,(H,13,14). The molecule has 1 heterocycles. The number of nitrogens with one attached hydrogen (secondary N) is 1. The second-order valence-corrected chi connectivity index (χ2v) is 3.77. The molecule has 0 radical (unpaired) electrons. The summed E-state index contributed by atoms with van der Waals surface area (Å²) in [6.45, 7) is 0.569. The van der Waals surface area contributed by atoms with Crippen molar-refractivity contribution in [3.8, 4) is 0 Å². The van der Waals surface area contributed by atoms with Crippen LogP contribution in [0.5, 0.6) is 0 Å². The van der Waals surface area contributed by atoms with Crippen LogP contribution in [-0.2, 0) is 17.6 Å². The number of carbonyl (C=O) groups is 1. The van der Waals surface area contributed by atoms with Crippen molar-refractivity contribution in [1.29, 1.82) is 0 Å². The van der Waals surface area contributed by atoms with Crippen LogP contribution in [0.2, 0.25) is 5.02 Å². The SMILES string of the molecule is NCCc1cc2c(cc1Cl)NC(=O)C2. The van der Waals surface area contributed by atoms with E-state index in [2.05, 4.69) is 5.32 Å². The van der Waals surface area contributed by atoms with Gasteiger partial charge in [-0.2, -0.15) is 0 Å². The third-order valence-electron chi connectivity index (χ3n) is 2.31. The number of carbonyl (C=O) groups excluding carboxylic acids is 1. The number of halogens is 1. The Bertz CT molecular complexity index is 390. The Kier molecular flexibility index (Phi) is 2.44. The summed E-state index contributed by atoms with van der Waals surface area (Å²) in [4.78, 5) is 11.1. The lowest BCUT2D eigenvalue weighted by Crippen LogP contribution is -2.03. The Morgan fingerprint density at radius 1 is 1.50 bits per heavy atom. The number of fused-ring (bicyclic) bond motifs is 1. The largest absolute Gasteiger partial charge is 0.330 e. The molecule has 0 atom stereocenters. The van der Waals surface area contributed by atoms with Crippen molar-refractivity contribution in [2.45, 2.75) is 12.8 Å². The monoisotopic (exact) mass is 210 g/mol. The van der Waals surface area contributed by atoms with Crippen LogP contribution in [0.3, 0.4) is 0 Å². The molecule has 0 saturated heterocycles. The first kappa shape index (κ1) is 9.49. The van der Waals surface area contributed by atoms with Crippen molar-refractivity contribution >= 4 is 23.2 Å². The molecule has 0 unspecified atom stereocenters. The predicted molar refractivity (Wildman–Crippen MR) is 56.5 cm³/mol. The van der Waals surface area contributed by atoms with Crippen molar-refractivity contribution in [3.05, 3.63) is 28.3 Å². The van der Waals surface area contributed by atoms with E-state index in [-0.39, 0.29) is 5.91 Å². The number of nitrogens with two attached hydrogens (primary N) is 1. The summed E-state index contributed by atoms with van der Waals surface area (Å²) in [5.74, 6) is 0.0287. The summed E-state index contributed by atoms with van der Waals surface area (Å²) in [5, 5.41) is 3.43. The van der Waals surface area contributed by atoms with Crippen LogP contribution < -0.4 is 11.1 Å². The van der Waals surface area contributed by atoms with Crippen molar-refractivity contribution < 1.29 is 4.79 Å². The molecular formula is C10H11ClN2O. The maximum absolute atomic E-state index is 11.1. The Morgan fingerprint density at radius 2 is 2.29 bits per heavy atom. The van der Waals surface area contributed by atoms with Crippen LogP contribution in [0.4, 0.5) is 5.69 Å². The quantitative estimate of drug-likeness (QED) is 0.774. The number of hydrogen-bond donors (Lipinski definition) is 2. The number of benzene rings is 1. The Hall–Kier alpha value is -1.06. The molecule has 0 aromatic heterocycles. The highest BCUT2D eigenvalue weighted by Gasteiger charge is 2.18. The lowest BCUT2D eigenvalue weighted by atomic mass is 10.1. The van der Waals surface area contributed by atoms with E-state index in [9.17, 15) is 4.79 Å². The molecule has 0 aliphatic carbocycles. The summed E-state index contributed by atoms with van der Waals surface area (Å²) in [6, 6.07) is 3.76. The minimum atomic E-state index is 0.0287. The normalized spacial score (nSPS) is 14.0. The van der Waals surface area contributed by atoms with E-state index in [1.807, 2.05) is 6.07 Å². The zero-order valence-corrected chi connectivity index (χ0v) is 8.40. The molecule has 0 spiro atoms. The van der Waals surface area contributed by atoms with Gasteiger partial charge in [0, 0.05) is 10.7 Å². The van der Waals surface area contributed by atoms with Crippen LogP contribution in [-0.4, -0.2) is 12.5 Å². The molecule has 1 amide bonds. The molecule has 3 nitrogen and oxygen atoms in total. The van der Waals surface area contributed by atoms with Crippen LogP contribution >= 0.6 is 11.6 Å². The Balaban J connectivity index is 2.39. The summed E-state index contributed by atoms with van der Waals surface area (Å²) >= 11 is 6.03. The summed E-state index contributed by atoms with van der Waals surface area (Å²) in [7, 11) is 0. The van der Waals surface area contributed by atoms with Gasteiger partial charge in [-0.15, -0.1) is 0 Å². The minimum Gasteiger partial charge on any atom is -0.330 e. The van der Waals surface area contributed by atoms with Gasteiger partial charge in [0.2, 0.25) is 5.91 Å². The molecular weight excluding hydrogens is 200 g/mol. The fourth-order valence-corrected chi connectivity index (χ4v) is 1.90. The predicted octanol–water partition coefficient (Wildman–Crippen LogP) is 1.34. The molecule has 14 heavy (non-hydrogen) atoms. The second kappa shape index (κ2) is 3.59. The number of hydrogen-bond acceptors (Lipinski definition) is 2. The molecule has 74 valence electrons. The lowest BCUT2D eigenvalue weighted by molar-refractivity contribution is -0.115. The number of amides is 1. The zero-order chi connectivity index (χ0) is 10.1. The van der Waals surface area contributed by atoms with Crippen molar-refractivity contribution in [2.75, 3.05) is 11.9 Å². The van der Waals surface area contributed by atoms with Gasteiger partial charge in [-0.3, -0.25) is 4.79 Å². The number of rotatable bonds is 2. The minimum absolute atomic E-state index is 0.0287. The Morgan fingerprint density at radius 3 is 3.00 bits per heavy atom. The van der Waals surface area contributed by atoms with Gasteiger partial charge in [-0.1, -0.05) is 17.7 Å². The molecule has 0 bridgehead atoms. The molecule has 0 saturated carbocycles. The average Bonchev–Trinajstić information content (AvgIpc) is 2.45. The molecule has 1 aliphatic heterocycles. The maximum atomic E-state index is 11.1. The highest BCUT2D eigenvalue weighted by Crippen LogP contribution is 2.29. The third kappa shape index (κ3) is 1.61. The van der Waals surface area contributed by atoms with Gasteiger partial charge < -0.3 is 11.1 Å². The van der Waals surface area contributed by atoms with E-state index < -0.39 is 0 Å². The van der Waals surface area contributed by atoms with Gasteiger partial charge in [0.15, 0.2) is 0 Å². The smallest absolute Gasteiger partial charge is 0.228 e. The van der Waals surface area contributed by atoms with E-state index in [1.54, 1.807) is 6.07 Å². The van der Waals surface area contributed by atoms with Crippen LogP contribution in [0.1, 0.15) is 11.1 Å². The molecule has 4 heteroatoms. The van der Waals surface area contributed by atoms with E-state index in [0.717, 1.165) is 23.2 Å². The maximum Gasteiger partial charge on any atom is 0.228 e. The molecule has 1 aromatic carbocycles. The van der Waals surface area contributed by atoms with E-state index in [0.29, 0.717) is 18.0 Å². The fourth-order valence-electron chi connectivity index (χ4n) is 1.65. The van der Waals surface area contributed by atoms with Crippen molar-refractivity contribution in [2.24, 2.45) is 5.73 Å². The molecule has 1 aliphatic rings. The molecule has 0 fully saturated rings. The zero-order valence-electron chi connectivity index (χ0n) is 7.64. The Labute approximate surface area is 87.2 Å². The fraction of sp³-hybridized carbons (Fsp3) is 0.300. The summed E-state index contributed by atoms with van der Waals surface area (Å²) < 4.78 is 0. The first-order valence-corrected chi connectivity index (χ1v) is 4.89. The van der Waals surface area contributed by atoms with Gasteiger partial charge >= 0.3 is 0 Å². The van der Waals surface area contributed by atoms with Crippen LogP contribution in [0, 0.1) is 0 Å². The van der Waals surface area contributed by atoms with Gasteiger partial charge in [0.1, 0.15) is 0 Å². The highest BCUT2D eigenvalue weighted by molar-refractivity contribution is 6.31. The molecule has 1 aromatic rings. The van der Waals surface area contributed by atoms with Gasteiger partial charge in [0.05, 0.1) is 6.42 Å². The van der Waals surface area contributed by atoms with E-state index >= 15 is 0 Å². The van der Waals surface area contributed by atoms with Crippen LogP contribution in [0.25, 0.3) is 0 Å². The summed E-state index contributed by atoms with van der Waals surface area (Å²) in [6.07, 6.45) is 1.20. The van der Waals surface area contributed by atoms with Crippen LogP contribution in [0.15, 0.2) is 12.1 Å². The first-order chi connectivity index (χ1) is 6.70. The lowest BCUT2D eigenvalue weighted by Gasteiger charge is -2.05. The van der Waals surface area contributed by atoms with E-state index in [1.165, 1.54) is 0 Å². The topological polar surface area (TPSA) is 55.1 Å². The summed E-state index contributed by atoms with van der Waals surface area (Å²) in [5.41, 5.74) is 8.33. The van der Waals surface area contributed by atoms with Crippen molar-refractivity contribution in [3.63, 3.8) is 0 Å². The first-order valence-electron chi connectivity index (χ1n) is 4.52. The highest BCUT2D eigenvalue weighted by atomic mass is 35.5. The van der Waals surface area contributed by atoms with Gasteiger partial charge in [-0.25, -0.2) is 0 Å². The molecule has 2 rings (SSSR count). The third-order valence-corrected chi connectivity index (χ3v) is 2.66. The number of anilines is 1. The second-order valence-electron chi connectivity index (χ2n) is 3.36. The van der Waals surface area contributed by atoms with Crippen molar-refractivity contribution in [1.82, 2.24) is 0 Å². The van der Waals surface area contributed by atoms with Gasteiger partial charge in [0.25, 0.3) is 0 Å². The average molecular weight is 211 g/mol.